The molecule has 1 aliphatic carbocycles. The molecule has 0 bridgehead atoms. The molecule has 2 aliphatic heterocycles. The van der Waals surface area contributed by atoms with Crippen LogP contribution in [0, 0.1) is 0 Å². The van der Waals surface area contributed by atoms with Crippen molar-refractivity contribution in [3.63, 3.8) is 0 Å². The van der Waals surface area contributed by atoms with Crippen LogP contribution in [0.15, 0.2) is 18.2 Å². The van der Waals surface area contributed by atoms with Gasteiger partial charge in [0.25, 0.3) is 5.91 Å². The van der Waals surface area contributed by atoms with Gasteiger partial charge in [-0.2, -0.15) is 0 Å². The first-order chi connectivity index (χ1) is 12.6. The topological polar surface area (TPSA) is 85.1 Å². The number of nitrogens with zero attached hydrogens (tertiary/aromatic N) is 2. The van der Waals surface area contributed by atoms with Gasteiger partial charge in [0, 0.05) is 31.7 Å². The number of amides is 2. The van der Waals surface area contributed by atoms with Crippen molar-refractivity contribution in [2.75, 3.05) is 33.0 Å². The van der Waals surface area contributed by atoms with Crippen LogP contribution in [0.3, 0.4) is 0 Å². The molecule has 0 unspecified atom stereocenters. The first kappa shape index (κ1) is 17.1. The van der Waals surface area contributed by atoms with Gasteiger partial charge in [-0.05, 0) is 31.0 Å². The third-order valence-electron chi connectivity index (χ3n) is 5.65. The van der Waals surface area contributed by atoms with Gasteiger partial charge in [-0.1, -0.05) is 19.3 Å². The molecule has 2 heterocycles. The predicted octanol–water partition coefficient (Wildman–Crippen LogP) is 1.36. The van der Waals surface area contributed by atoms with Gasteiger partial charge in [0.1, 0.15) is 0 Å². The van der Waals surface area contributed by atoms with E-state index in [0.29, 0.717) is 43.2 Å². The lowest BCUT2D eigenvalue weighted by atomic mass is 9.81. The Morgan fingerprint density at radius 1 is 0.923 bits per heavy atom. The Morgan fingerprint density at radius 3 is 2.31 bits per heavy atom. The van der Waals surface area contributed by atoms with E-state index in [1.165, 1.54) is 0 Å². The molecule has 1 saturated carbocycles. The smallest absolute Gasteiger partial charge is 0.254 e. The minimum Gasteiger partial charge on any atom is -0.454 e. The molecule has 2 amide bonds. The quantitative estimate of drug-likeness (QED) is 0.862. The van der Waals surface area contributed by atoms with Gasteiger partial charge < -0.3 is 25.0 Å². The average Bonchev–Trinajstić information content (AvgIpc) is 3.15. The SMILES string of the molecule is NC1(C(=O)N2CCN(C(=O)c3ccc4c(c3)OCO4)CC2)CCCCC1. The van der Waals surface area contributed by atoms with Crippen molar-refractivity contribution in [3.05, 3.63) is 23.8 Å². The molecular weight excluding hydrogens is 334 g/mol. The second kappa shape index (κ2) is 6.79. The molecule has 140 valence electrons. The fourth-order valence-electron chi connectivity index (χ4n) is 4.04. The van der Waals surface area contributed by atoms with Crippen LogP contribution < -0.4 is 15.2 Å². The molecule has 0 spiro atoms. The van der Waals surface area contributed by atoms with Gasteiger partial charge in [0.05, 0.1) is 5.54 Å². The van der Waals surface area contributed by atoms with E-state index in [1.54, 1.807) is 23.1 Å². The van der Waals surface area contributed by atoms with E-state index < -0.39 is 5.54 Å². The van der Waals surface area contributed by atoms with Crippen LogP contribution in [0.25, 0.3) is 0 Å². The van der Waals surface area contributed by atoms with Crippen LogP contribution in [0.5, 0.6) is 11.5 Å². The zero-order chi connectivity index (χ0) is 18.1. The highest BCUT2D eigenvalue weighted by Gasteiger charge is 2.39. The van der Waals surface area contributed by atoms with Crippen molar-refractivity contribution in [1.29, 1.82) is 0 Å². The number of carbonyl (C=O) groups is 2. The molecule has 0 aromatic heterocycles. The van der Waals surface area contributed by atoms with Crippen LogP contribution in [-0.2, 0) is 4.79 Å². The van der Waals surface area contributed by atoms with E-state index in [-0.39, 0.29) is 18.6 Å². The lowest BCUT2D eigenvalue weighted by Gasteiger charge is -2.41. The summed E-state index contributed by atoms with van der Waals surface area (Å²) < 4.78 is 10.6. The molecule has 0 radical (unpaired) electrons. The maximum atomic E-state index is 12.8. The van der Waals surface area contributed by atoms with Crippen LogP contribution in [0.2, 0.25) is 0 Å². The van der Waals surface area contributed by atoms with Crippen molar-refractivity contribution in [3.8, 4) is 11.5 Å². The summed E-state index contributed by atoms with van der Waals surface area (Å²) in [5.41, 5.74) is 6.25. The highest BCUT2D eigenvalue weighted by Crippen LogP contribution is 2.33. The summed E-state index contributed by atoms with van der Waals surface area (Å²) in [6.07, 6.45) is 4.73. The summed E-state index contributed by atoms with van der Waals surface area (Å²) in [6.45, 7) is 2.31. The summed E-state index contributed by atoms with van der Waals surface area (Å²) in [6, 6.07) is 5.24. The van der Waals surface area contributed by atoms with E-state index in [0.717, 1.165) is 32.1 Å². The Hall–Kier alpha value is -2.28. The van der Waals surface area contributed by atoms with Crippen LogP contribution in [0.4, 0.5) is 0 Å². The third-order valence-corrected chi connectivity index (χ3v) is 5.65. The zero-order valence-corrected chi connectivity index (χ0v) is 14.9. The number of hydrogen-bond acceptors (Lipinski definition) is 5. The molecule has 1 aromatic carbocycles. The highest BCUT2D eigenvalue weighted by atomic mass is 16.7. The van der Waals surface area contributed by atoms with Crippen molar-refractivity contribution in [2.45, 2.75) is 37.6 Å². The molecule has 1 aromatic rings. The Balaban J connectivity index is 1.37. The molecule has 7 heteroatoms. The van der Waals surface area contributed by atoms with Crippen LogP contribution in [0.1, 0.15) is 42.5 Å². The lowest BCUT2D eigenvalue weighted by Crippen LogP contribution is -2.60. The Kier molecular flexibility index (Phi) is 4.48. The average molecular weight is 359 g/mol. The standard InChI is InChI=1S/C19H25N3O4/c20-19(6-2-1-3-7-19)18(24)22-10-8-21(9-11-22)17(23)14-4-5-15-16(12-14)26-13-25-15/h4-5,12H,1-3,6-11,13,20H2. The van der Waals surface area contributed by atoms with Crippen molar-refractivity contribution < 1.29 is 19.1 Å². The highest BCUT2D eigenvalue weighted by molar-refractivity contribution is 5.95. The van der Waals surface area contributed by atoms with E-state index in [1.807, 2.05) is 4.90 Å². The second-order valence-corrected chi connectivity index (χ2v) is 7.37. The Labute approximate surface area is 153 Å². The van der Waals surface area contributed by atoms with Gasteiger partial charge in [0.2, 0.25) is 12.7 Å². The number of ether oxygens (including phenoxy) is 2. The number of hydrogen-bond donors (Lipinski definition) is 1. The van der Waals surface area contributed by atoms with Gasteiger partial charge in [0.15, 0.2) is 11.5 Å². The summed E-state index contributed by atoms with van der Waals surface area (Å²) >= 11 is 0. The monoisotopic (exact) mass is 359 g/mol. The number of piperazine rings is 1. The van der Waals surface area contributed by atoms with E-state index >= 15 is 0 Å². The summed E-state index contributed by atoms with van der Waals surface area (Å²) in [5, 5.41) is 0. The molecule has 7 nitrogen and oxygen atoms in total. The van der Waals surface area contributed by atoms with Crippen molar-refractivity contribution in [2.24, 2.45) is 5.73 Å². The summed E-state index contributed by atoms with van der Waals surface area (Å²) in [5.74, 6) is 1.27. The van der Waals surface area contributed by atoms with Gasteiger partial charge in [-0.15, -0.1) is 0 Å². The minimum atomic E-state index is -0.707. The first-order valence-electron chi connectivity index (χ1n) is 9.34. The molecule has 4 rings (SSSR count). The van der Waals surface area contributed by atoms with E-state index in [4.69, 9.17) is 15.2 Å². The van der Waals surface area contributed by atoms with Crippen molar-refractivity contribution >= 4 is 11.8 Å². The normalized spacial score (nSPS) is 21.6. The number of fused-ring (bicyclic) bond motifs is 1. The minimum absolute atomic E-state index is 0.0458. The molecule has 2 fully saturated rings. The fourth-order valence-corrected chi connectivity index (χ4v) is 4.04. The first-order valence-corrected chi connectivity index (χ1v) is 9.34. The van der Waals surface area contributed by atoms with Gasteiger partial charge in [-0.3, -0.25) is 9.59 Å². The molecular formula is C19H25N3O4. The Morgan fingerprint density at radius 2 is 1.58 bits per heavy atom. The van der Waals surface area contributed by atoms with Gasteiger partial charge in [-0.25, -0.2) is 0 Å². The maximum absolute atomic E-state index is 12.8. The fraction of sp³-hybridized carbons (Fsp3) is 0.579. The van der Waals surface area contributed by atoms with Gasteiger partial charge >= 0.3 is 0 Å². The second-order valence-electron chi connectivity index (χ2n) is 7.37. The maximum Gasteiger partial charge on any atom is 0.254 e. The summed E-state index contributed by atoms with van der Waals surface area (Å²) in [7, 11) is 0. The van der Waals surface area contributed by atoms with Crippen LogP contribution in [-0.4, -0.2) is 60.1 Å². The molecule has 1 saturated heterocycles. The zero-order valence-electron chi connectivity index (χ0n) is 14.9. The Bertz CT molecular complexity index is 707. The lowest BCUT2D eigenvalue weighted by molar-refractivity contribution is -0.139. The number of carbonyl (C=O) groups excluding carboxylic acids is 2. The number of benzene rings is 1. The largest absolute Gasteiger partial charge is 0.454 e. The molecule has 3 aliphatic rings. The number of nitrogens with two attached hydrogens (primary N) is 1. The third kappa shape index (κ3) is 3.11. The number of rotatable bonds is 2. The van der Waals surface area contributed by atoms with E-state index in [2.05, 4.69) is 0 Å². The molecule has 0 atom stereocenters. The van der Waals surface area contributed by atoms with Crippen LogP contribution >= 0.6 is 0 Å². The van der Waals surface area contributed by atoms with E-state index in [9.17, 15) is 9.59 Å². The van der Waals surface area contributed by atoms with Crippen molar-refractivity contribution in [1.82, 2.24) is 9.80 Å². The summed E-state index contributed by atoms with van der Waals surface area (Å²) in [4.78, 5) is 29.2. The molecule has 26 heavy (non-hydrogen) atoms. The predicted molar refractivity (Wildman–Crippen MR) is 95.1 cm³/mol. The molecule has 2 N–H and O–H groups in total.